The number of nitrogens with zero attached hydrogens (tertiary/aromatic N) is 1. The molecule has 3 heteroatoms. The summed E-state index contributed by atoms with van der Waals surface area (Å²) in [7, 11) is 1.71. The maximum Gasteiger partial charge on any atom is 0.155 e. The average Bonchev–Trinajstić information content (AvgIpc) is 2.97. The third kappa shape index (κ3) is 4.33. The van der Waals surface area contributed by atoms with Crippen LogP contribution in [0.15, 0.2) is 133 Å². The monoisotopic (exact) mass is 497 g/mol. The molecule has 38 heavy (non-hydrogen) atoms. The van der Waals surface area contributed by atoms with Gasteiger partial charge in [-0.1, -0.05) is 109 Å². The highest BCUT2D eigenvalue weighted by atomic mass is 19.1. The molecule has 0 saturated carbocycles. The van der Waals surface area contributed by atoms with Crippen molar-refractivity contribution in [2.24, 2.45) is 0 Å². The molecule has 0 heterocycles. The molecule has 0 fully saturated rings. The van der Waals surface area contributed by atoms with E-state index in [4.69, 9.17) is 0 Å². The molecule has 0 aliphatic rings. The SMILES string of the molecule is CN(c1ccccc1F)c1c(-c2ccccc2)ccc(-c2cccc(-c3ccc4ccccc4c3)c2)c1F. The zero-order valence-electron chi connectivity index (χ0n) is 20.9. The van der Waals surface area contributed by atoms with Crippen molar-refractivity contribution >= 4 is 22.1 Å². The summed E-state index contributed by atoms with van der Waals surface area (Å²) in [5, 5.41) is 2.33. The molecule has 0 aliphatic heterocycles. The summed E-state index contributed by atoms with van der Waals surface area (Å²) >= 11 is 0. The quantitative estimate of drug-likeness (QED) is 0.229. The van der Waals surface area contributed by atoms with Gasteiger partial charge in [0.1, 0.15) is 5.82 Å². The van der Waals surface area contributed by atoms with Crippen LogP contribution >= 0.6 is 0 Å². The lowest BCUT2D eigenvalue weighted by Crippen LogP contribution is -2.14. The first kappa shape index (κ1) is 23.6. The Hall–Kier alpha value is -4.76. The Balaban J connectivity index is 1.50. The van der Waals surface area contributed by atoms with Gasteiger partial charge in [0.15, 0.2) is 5.82 Å². The Kier molecular flexibility index (Phi) is 6.19. The van der Waals surface area contributed by atoms with Crippen LogP contribution in [0.5, 0.6) is 0 Å². The fourth-order valence-corrected chi connectivity index (χ4v) is 5.05. The zero-order chi connectivity index (χ0) is 26.1. The number of halogens is 2. The molecule has 0 N–H and O–H groups in total. The highest BCUT2D eigenvalue weighted by Crippen LogP contribution is 2.41. The summed E-state index contributed by atoms with van der Waals surface area (Å²) in [5.74, 6) is -0.801. The lowest BCUT2D eigenvalue weighted by atomic mass is 9.94. The van der Waals surface area contributed by atoms with E-state index < -0.39 is 11.6 Å². The van der Waals surface area contributed by atoms with Crippen molar-refractivity contribution in [3.05, 3.63) is 145 Å². The van der Waals surface area contributed by atoms with Gasteiger partial charge < -0.3 is 4.90 Å². The Morgan fingerprint density at radius 3 is 1.92 bits per heavy atom. The minimum atomic E-state index is -0.405. The van der Waals surface area contributed by atoms with Crippen molar-refractivity contribution in [1.82, 2.24) is 0 Å². The van der Waals surface area contributed by atoms with E-state index in [0.29, 0.717) is 22.5 Å². The largest absolute Gasteiger partial charge is 0.339 e. The van der Waals surface area contributed by atoms with Gasteiger partial charge in [0.2, 0.25) is 0 Å². The van der Waals surface area contributed by atoms with Crippen LogP contribution in [0.1, 0.15) is 0 Å². The summed E-state index contributed by atoms with van der Waals surface area (Å²) in [5.41, 5.74) is 5.49. The molecule has 184 valence electrons. The number of rotatable bonds is 5. The molecule has 0 aliphatic carbocycles. The Morgan fingerprint density at radius 2 is 1.11 bits per heavy atom. The molecule has 0 unspecified atom stereocenters. The Labute approximate surface area is 221 Å². The van der Waals surface area contributed by atoms with Crippen LogP contribution in [0, 0.1) is 11.6 Å². The minimum absolute atomic E-state index is 0.311. The summed E-state index contributed by atoms with van der Waals surface area (Å²) in [6.45, 7) is 0. The van der Waals surface area contributed by atoms with Crippen molar-refractivity contribution in [2.45, 2.75) is 0 Å². The van der Waals surface area contributed by atoms with E-state index in [2.05, 4.69) is 30.3 Å². The molecule has 1 nitrogen and oxygen atoms in total. The van der Waals surface area contributed by atoms with Gasteiger partial charge in [0, 0.05) is 18.2 Å². The van der Waals surface area contributed by atoms with Crippen LogP contribution in [-0.2, 0) is 0 Å². The summed E-state index contributed by atoms with van der Waals surface area (Å²) in [4.78, 5) is 1.60. The molecule has 0 aromatic heterocycles. The maximum atomic E-state index is 16.6. The number of hydrogen-bond donors (Lipinski definition) is 0. The zero-order valence-corrected chi connectivity index (χ0v) is 20.9. The minimum Gasteiger partial charge on any atom is -0.339 e. The van der Waals surface area contributed by atoms with Crippen LogP contribution in [0.4, 0.5) is 20.2 Å². The van der Waals surface area contributed by atoms with Crippen molar-refractivity contribution < 1.29 is 8.78 Å². The van der Waals surface area contributed by atoms with Crippen LogP contribution in [-0.4, -0.2) is 7.05 Å². The van der Waals surface area contributed by atoms with E-state index in [0.717, 1.165) is 27.6 Å². The van der Waals surface area contributed by atoms with Crippen molar-refractivity contribution in [3.8, 4) is 33.4 Å². The van der Waals surface area contributed by atoms with Crippen molar-refractivity contribution in [2.75, 3.05) is 11.9 Å². The predicted octanol–water partition coefficient (Wildman–Crippen LogP) is 9.89. The van der Waals surface area contributed by atoms with Gasteiger partial charge in [-0.15, -0.1) is 0 Å². The van der Waals surface area contributed by atoms with Crippen molar-refractivity contribution in [1.29, 1.82) is 0 Å². The molecule has 0 radical (unpaired) electrons. The smallest absolute Gasteiger partial charge is 0.155 e. The predicted molar refractivity (Wildman–Crippen MR) is 155 cm³/mol. The molecule has 0 amide bonds. The highest BCUT2D eigenvalue weighted by Gasteiger charge is 2.22. The first-order valence-corrected chi connectivity index (χ1v) is 12.6. The number of fused-ring (bicyclic) bond motifs is 1. The molecule has 6 aromatic rings. The Morgan fingerprint density at radius 1 is 0.474 bits per heavy atom. The average molecular weight is 498 g/mol. The third-order valence-corrected chi connectivity index (χ3v) is 7.01. The fraction of sp³-hybridized carbons (Fsp3) is 0.0286. The second kappa shape index (κ2) is 9.95. The second-order valence-corrected chi connectivity index (χ2v) is 9.34. The summed E-state index contributed by atoms with van der Waals surface area (Å²) < 4.78 is 31.4. The summed E-state index contributed by atoms with van der Waals surface area (Å²) in [6.07, 6.45) is 0. The molecular formula is C35H25F2N. The topological polar surface area (TPSA) is 3.24 Å². The first-order valence-electron chi connectivity index (χ1n) is 12.6. The van der Waals surface area contributed by atoms with E-state index in [1.165, 1.54) is 11.5 Å². The van der Waals surface area contributed by atoms with Gasteiger partial charge in [0.25, 0.3) is 0 Å². The van der Waals surface area contributed by atoms with Crippen molar-refractivity contribution in [3.63, 3.8) is 0 Å². The molecule has 6 rings (SSSR count). The van der Waals surface area contributed by atoms with Gasteiger partial charge in [-0.25, -0.2) is 8.78 Å². The summed E-state index contributed by atoms with van der Waals surface area (Å²) in [6, 6.07) is 42.3. The van der Waals surface area contributed by atoms with Crippen LogP contribution in [0.3, 0.4) is 0 Å². The molecule has 0 spiro atoms. The van der Waals surface area contributed by atoms with E-state index in [1.807, 2.05) is 78.9 Å². The van der Waals surface area contributed by atoms with Gasteiger partial charge in [-0.05, 0) is 57.3 Å². The van der Waals surface area contributed by atoms with Gasteiger partial charge in [-0.2, -0.15) is 0 Å². The fourth-order valence-electron chi connectivity index (χ4n) is 5.05. The van der Waals surface area contributed by atoms with Gasteiger partial charge in [0.05, 0.1) is 11.4 Å². The second-order valence-electron chi connectivity index (χ2n) is 9.34. The number of hydrogen-bond acceptors (Lipinski definition) is 1. The lowest BCUT2D eigenvalue weighted by Gasteiger charge is -2.25. The Bertz CT molecular complexity index is 1760. The van der Waals surface area contributed by atoms with E-state index >= 15 is 4.39 Å². The van der Waals surface area contributed by atoms with Crippen LogP contribution in [0.25, 0.3) is 44.2 Å². The standard InChI is InChI=1S/C35H25F2N/c1-38(33-17-8-7-16-32(33)36)35-31(25-11-3-2-4-12-25)21-20-30(34(35)37)29-15-9-14-27(23-29)28-19-18-24-10-5-6-13-26(24)22-28/h2-23H,1H3. The number of anilines is 2. The molecular weight excluding hydrogens is 472 g/mol. The first-order chi connectivity index (χ1) is 18.6. The highest BCUT2D eigenvalue weighted by molar-refractivity contribution is 5.90. The number of para-hydroxylation sites is 1. The van der Waals surface area contributed by atoms with Crippen LogP contribution < -0.4 is 4.90 Å². The lowest BCUT2D eigenvalue weighted by molar-refractivity contribution is 0.619. The van der Waals surface area contributed by atoms with Crippen LogP contribution in [0.2, 0.25) is 0 Å². The molecule has 6 aromatic carbocycles. The normalized spacial score (nSPS) is 11.0. The molecule has 0 atom stereocenters. The molecule has 0 bridgehead atoms. The molecule has 0 saturated heterocycles. The van der Waals surface area contributed by atoms with Gasteiger partial charge >= 0.3 is 0 Å². The number of benzene rings is 6. The third-order valence-electron chi connectivity index (χ3n) is 7.01. The van der Waals surface area contributed by atoms with Gasteiger partial charge in [-0.3, -0.25) is 0 Å². The van der Waals surface area contributed by atoms with E-state index in [1.54, 1.807) is 30.1 Å². The maximum absolute atomic E-state index is 16.6. The van der Waals surface area contributed by atoms with E-state index in [-0.39, 0.29) is 0 Å². The van der Waals surface area contributed by atoms with E-state index in [9.17, 15) is 4.39 Å².